The molecular formula is C22H16ClN3O2. The highest BCUT2D eigenvalue weighted by atomic mass is 35.5. The number of hydrogen-bond acceptors (Lipinski definition) is 4. The molecule has 0 radical (unpaired) electrons. The van der Waals surface area contributed by atoms with Crippen LogP contribution in [0.15, 0.2) is 65.2 Å². The van der Waals surface area contributed by atoms with Gasteiger partial charge in [0.05, 0.1) is 21.7 Å². The lowest BCUT2D eigenvalue weighted by Crippen LogP contribution is -2.13. The number of nitrogens with zero attached hydrogens (tertiary/aromatic N) is 2. The second-order valence-electron chi connectivity index (χ2n) is 6.88. The number of amides is 1. The summed E-state index contributed by atoms with van der Waals surface area (Å²) in [6.45, 7) is 0. The summed E-state index contributed by atoms with van der Waals surface area (Å²) in [6.07, 6.45) is 2.15. The van der Waals surface area contributed by atoms with Crippen LogP contribution in [0.5, 0.6) is 0 Å². The molecule has 2 aromatic heterocycles. The largest absolute Gasteiger partial charge is 0.335 e. The fourth-order valence-electron chi connectivity index (χ4n) is 3.28. The molecule has 2 aromatic carbocycles. The standard InChI is InChI=1S/C22H16ClN3O2/c23-16-8-4-5-9-17(16)24-21(27)15-12-18(13-10-11-13)25-22-19(15)20(26-28-22)14-6-2-1-3-7-14/h1-9,12-13H,10-11H2,(H,24,27). The van der Waals surface area contributed by atoms with Gasteiger partial charge in [0.1, 0.15) is 5.69 Å². The van der Waals surface area contributed by atoms with Crippen molar-refractivity contribution in [1.29, 1.82) is 0 Å². The van der Waals surface area contributed by atoms with Gasteiger partial charge in [-0.2, -0.15) is 0 Å². The van der Waals surface area contributed by atoms with Crippen molar-refractivity contribution in [2.75, 3.05) is 5.32 Å². The van der Waals surface area contributed by atoms with Gasteiger partial charge in [-0.15, -0.1) is 0 Å². The van der Waals surface area contributed by atoms with Gasteiger partial charge < -0.3 is 9.84 Å². The van der Waals surface area contributed by atoms with Crippen LogP contribution in [0.4, 0.5) is 5.69 Å². The molecule has 5 rings (SSSR count). The molecule has 1 saturated carbocycles. The lowest BCUT2D eigenvalue weighted by molar-refractivity contribution is 0.102. The quantitative estimate of drug-likeness (QED) is 0.488. The van der Waals surface area contributed by atoms with Gasteiger partial charge in [0, 0.05) is 17.2 Å². The highest BCUT2D eigenvalue weighted by molar-refractivity contribution is 6.34. The van der Waals surface area contributed by atoms with Crippen LogP contribution in [0.3, 0.4) is 0 Å². The van der Waals surface area contributed by atoms with Crippen molar-refractivity contribution in [3.05, 3.63) is 76.9 Å². The van der Waals surface area contributed by atoms with E-state index in [0.29, 0.717) is 39.0 Å². The predicted octanol–water partition coefficient (Wildman–Crippen LogP) is 5.67. The average Bonchev–Trinajstić information content (AvgIpc) is 3.49. The van der Waals surface area contributed by atoms with Crippen LogP contribution in [0.25, 0.3) is 22.4 Å². The zero-order valence-electron chi connectivity index (χ0n) is 14.9. The minimum Gasteiger partial charge on any atom is -0.335 e. The van der Waals surface area contributed by atoms with Crippen LogP contribution in [-0.4, -0.2) is 16.0 Å². The van der Waals surface area contributed by atoms with Crippen LogP contribution >= 0.6 is 11.6 Å². The smallest absolute Gasteiger partial charge is 0.259 e. The Morgan fingerprint density at radius 2 is 1.82 bits per heavy atom. The Labute approximate surface area is 166 Å². The summed E-state index contributed by atoms with van der Waals surface area (Å²) in [5.74, 6) is 0.115. The Balaban J connectivity index is 1.66. The number of benzene rings is 2. The van der Waals surface area contributed by atoms with E-state index in [4.69, 9.17) is 16.1 Å². The van der Waals surface area contributed by atoms with Crippen molar-refractivity contribution in [1.82, 2.24) is 10.1 Å². The van der Waals surface area contributed by atoms with Crippen LogP contribution in [0.2, 0.25) is 5.02 Å². The van der Waals surface area contributed by atoms with E-state index in [9.17, 15) is 4.79 Å². The number of rotatable bonds is 4. The molecule has 0 spiro atoms. The molecule has 1 aliphatic rings. The summed E-state index contributed by atoms with van der Waals surface area (Å²) in [7, 11) is 0. The zero-order valence-corrected chi connectivity index (χ0v) is 15.6. The van der Waals surface area contributed by atoms with E-state index in [2.05, 4.69) is 15.5 Å². The molecule has 1 fully saturated rings. The molecule has 0 atom stereocenters. The third-order valence-electron chi connectivity index (χ3n) is 4.88. The molecular weight excluding hydrogens is 374 g/mol. The van der Waals surface area contributed by atoms with Gasteiger partial charge in [-0.1, -0.05) is 59.2 Å². The molecule has 1 amide bonds. The number of nitrogens with one attached hydrogen (secondary N) is 1. The molecule has 6 heteroatoms. The monoisotopic (exact) mass is 389 g/mol. The van der Waals surface area contributed by atoms with Crippen molar-refractivity contribution < 1.29 is 9.32 Å². The number of hydrogen-bond donors (Lipinski definition) is 1. The van der Waals surface area contributed by atoms with Crippen molar-refractivity contribution in [3.63, 3.8) is 0 Å². The van der Waals surface area contributed by atoms with Gasteiger partial charge in [0.15, 0.2) is 0 Å². The van der Waals surface area contributed by atoms with Crippen molar-refractivity contribution in [2.45, 2.75) is 18.8 Å². The zero-order chi connectivity index (χ0) is 19.1. The number of carbonyl (C=O) groups excluding carboxylic acids is 1. The molecule has 1 aliphatic carbocycles. The van der Waals surface area contributed by atoms with Crippen LogP contribution < -0.4 is 5.32 Å². The number of carbonyl (C=O) groups is 1. The fraction of sp³-hybridized carbons (Fsp3) is 0.136. The van der Waals surface area contributed by atoms with Crippen molar-refractivity contribution >= 4 is 34.3 Å². The van der Waals surface area contributed by atoms with E-state index in [0.717, 1.165) is 24.1 Å². The minimum atomic E-state index is -0.261. The maximum absolute atomic E-state index is 13.2. The van der Waals surface area contributed by atoms with Gasteiger partial charge in [0.25, 0.3) is 11.6 Å². The Morgan fingerprint density at radius 3 is 2.57 bits per heavy atom. The summed E-state index contributed by atoms with van der Waals surface area (Å²) >= 11 is 6.21. The highest BCUT2D eigenvalue weighted by Gasteiger charge is 2.29. The van der Waals surface area contributed by atoms with Gasteiger partial charge in [-0.3, -0.25) is 4.79 Å². The number of aromatic nitrogens is 2. The van der Waals surface area contributed by atoms with E-state index < -0.39 is 0 Å². The first-order chi connectivity index (χ1) is 13.7. The molecule has 0 saturated heterocycles. The van der Waals surface area contributed by atoms with Crippen molar-refractivity contribution in [3.8, 4) is 11.3 Å². The number of para-hydroxylation sites is 1. The molecule has 2 heterocycles. The van der Waals surface area contributed by atoms with E-state index >= 15 is 0 Å². The molecule has 0 bridgehead atoms. The summed E-state index contributed by atoms with van der Waals surface area (Å²) in [5.41, 5.74) is 3.78. The Kier molecular flexibility index (Phi) is 4.10. The number of pyridine rings is 1. The SMILES string of the molecule is O=C(Nc1ccccc1Cl)c1cc(C2CC2)nc2onc(-c3ccccc3)c12. The Hall–Kier alpha value is -3.18. The third-order valence-corrected chi connectivity index (χ3v) is 5.21. The fourth-order valence-corrected chi connectivity index (χ4v) is 3.47. The first kappa shape index (κ1) is 17.0. The normalized spacial score (nSPS) is 13.6. The number of halogens is 1. The lowest BCUT2D eigenvalue weighted by Gasteiger charge is -2.09. The number of anilines is 1. The Morgan fingerprint density at radius 1 is 1.07 bits per heavy atom. The average molecular weight is 390 g/mol. The predicted molar refractivity (Wildman–Crippen MR) is 109 cm³/mol. The van der Waals surface area contributed by atoms with Crippen molar-refractivity contribution in [2.24, 2.45) is 0 Å². The molecule has 28 heavy (non-hydrogen) atoms. The first-order valence-corrected chi connectivity index (χ1v) is 9.50. The van der Waals surface area contributed by atoms with Gasteiger partial charge >= 0.3 is 0 Å². The maximum atomic E-state index is 13.2. The Bertz CT molecular complexity index is 1180. The van der Waals surface area contributed by atoms with E-state index in [1.54, 1.807) is 12.1 Å². The lowest BCUT2D eigenvalue weighted by atomic mass is 10.0. The molecule has 0 unspecified atom stereocenters. The molecule has 138 valence electrons. The van der Waals surface area contributed by atoms with Crippen LogP contribution in [0, 0.1) is 0 Å². The van der Waals surface area contributed by atoms with Crippen LogP contribution in [-0.2, 0) is 0 Å². The third kappa shape index (κ3) is 3.04. The molecule has 5 nitrogen and oxygen atoms in total. The first-order valence-electron chi connectivity index (χ1n) is 9.12. The molecule has 4 aromatic rings. The number of fused-ring (bicyclic) bond motifs is 1. The highest BCUT2D eigenvalue weighted by Crippen LogP contribution is 2.41. The van der Waals surface area contributed by atoms with Crippen LogP contribution in [0.1, 0.15) is 34.8 Å². The molecule has 1 N–H and O–H groups in total. The summed E-state index contributed by atoms with van der Waals surface area (Å²) in [5, 5.41) is 8.21. The maximum Gasteiger partial charge on any atom is 0.259 e. The second-order valence-corrected chi connectivity index (χ2v) is 7.29. The van der Waals surface area contributed by atoms with Gasteiger partial charge in [-0.05, 0) is 31.0 Å². The van der Waals surface area contributed by atoms with E-state index in [1.165, 1.54) is 0 Å². The van der Waals surface area contributed by atoms with E-state index in [-0.39, 0.29) is 5.91 Å². The van der Waals surface area contributed by atoms with Gasteiger partial charge in [-0.25, -0.2) is 4.98 Å². The second kappa shape index (κ2) is 6.77. The summed E-state index contributed by atoms with van der Waals surface area (Å²) in [6, 6.07) is 18.7. The summed E-state index contributed by atoms with van der Waals surface area (Å²) < 4.78 is 5.52. The van der Waals surface area contributed by atoms with E-state index in [1.807, 2.05) is 48.5 Å². The summed E-state index contributed by atoms with van der Waals surface area (Å²) in [4.78, 5) is 17.8. The minimum absolute atomic E-state index is 0.261. The topological polar surface area (TPSA) is 68.0 Å². The molecule has 0 aliphatic heterocycles. The van der Waals surface area contributed by atoms with Gasteiger partial charge in [0.2, 0.25) is 0 Å².